The Morgan fingerprint density at radius 2 is 2.00 bits per heavy atom. The summed E-state index contributed by atoms with van der Waals surface area (Å²) in [5.74, 6) is -1.94. The molecule has 0 aromatic carbocycles. The van der Waals surface area contributed by atoms with Crippen LogP contribution < -0.4 is 5.32 Å². The highest BCUT2D eigenvalue weighted by Gasteiger charge is 2.14. The number of carboxylic acids is 1. The third-order valence-electron chi connectivity index (χ3n) is 1.24. The normalized spacial score (nSPS) is 11.6. The Bertz CT molecular complexity index is 238. The number of aliphatic carboxylic acids is 1. The molecule has 0 saturated carbocycles. The number of imide groups is 1. The van der Waals surface area contributed by atoms with Crippen LogP contribution in [0.3, 0.4) is 0 Å². The summed E-state index contributed by atoms with van der Waals surface area (Å²) in [7, 11) is 1.10. The van der Waals surface area contributed by atoms with Gasteiger partial charge in [-0.2, -0.15) is 0 Å². The summed E-state index contributed by atoms with van der Waals surface area (Å²) in [6.07, 6.45) is -2.01. The van der Waals surface area contributed by atoms with Gasteiger partial charge in [-0.05, 0) is 6.92 Å². The molecule has 80 valence electrons. The molecule has 0 radical (unpaired) electrons. The van der Waals surface area contributed by atoms with Gasteiger partial charge in [0.25, 0.3) is 5.91 Å². The van der Waals surface area contributed by atoms with Crippen LogP contribution in [0.25, 0.3) is 0 Å². The number of carbonyl (C=O) groups is 3. The number of amides is 2. The number of alkyl carbamates (subject to hydrolysis) is 1. The van der Waals surface area contributed by atoms with Crippen LogP contribution in [0.1, 0.15) is 6.92 Å². The number of hydrogen-bond acceptors (Lipinski definition) is 5. The van der Waals surface area contributed by atoms with Crippen molar-refractivity contribution in [2.45, 2.75) is 13.0 Å². The first-order chi connectivity index (χ1) is 6.47. The molecule has 0 heterocycles. The molecule has 0 spiro atoms. The molecule has 0 aromatic rings. The second kappa shape index (κ2) is 5.92. The second-order valence-electron chi connectivity index (χ2n) is 2.33. The fourth-order valence-electron chi connectivity index (χ4n) is 0.473. The summed E-state index contributed by atoms with van der Waals surface area (Å²) in [4.78, 5) is 31.5. The lowest BCUT2D eigenvalue weighted by Crippen LogP contribution is -2.35. The molecule has 0 aliphatic carbocycles. The van der Waals surface area contributed by atoms with Gasteiger partial charge in [-0.3, -0.25) is 10.1 Å². The summed E-state index contributed by atoms with van der Waals surface area (Å²) in [6.45, 7) is 0.760. The van der Waals surface area contributed by atoms with Crippen molar-refractivity contribution in [2.24, 2.45) is 0 Å². The number of ether oxygens (including phenoxy) is 2. The van der Waals surface area contributed by atoms with Crippen molar-refractivity contribution in [3.8, 4) is 0 Å². The molecule has 1 atom stereocenters. The lowest BCUT2D eigenvalue weighted by atomic mass is 10.4. The highest BCUT2D eigenvalue weighted by atomic mass is 16.5. The minimum atomic E-state index is -1.18. The van der Waals surface area contributed by atoms with E-state index in [1.54, 1.807) is 5.32 Å². The predicted molar refractivity (Wildman–Crippen MR) is 43.6 cm³/mol. The zero-order valence-corrected chi connectivity index (χ0v) is 7.77. The van der Waals surface area contributed by atoms with Crippen molar-refractivity contribution >= 4 is 18.0 Å². The average molecular weight is 205 g/mol. The molecule has 2 amide bonds. The molecule has 0 unspecified atom stereocenters. The Morgan fingerprint density at radius 1 is 1.43 bits per heavy atom. The van der Waals surface area contributed by atoms with E-state index < -0.39 is 30.7 Å². The number of carbonyl (C=O) groups excluding carboxylic acids is 2. The van der Waals surface area contributed by atoms with Crippen LogP contribution in [-0.2, 0) is 19.1 Å². The first kappa shape index (κ1) is 12.4. The van der Waals surface area contributed by atoms with Crippen molar-refractivity contribution in [1.29, 1.82) is 0 Å². The van der Waals surface area contributed by atoms with E-state index in [0.717, 1.165) is 7.11 Å². The van der Waals surface area contributed by atoms with Gasteiger partial charge >= 0.3 is 12.1 Å². The molecule has 14 heavy (non-hydrogen) atoms. The third-order valence-corrected chi connectivity index (χ3v) is 1.24. The largest absolute Gasteiger partial charge is 0.479 e. The number of carboxylic acid groups (broad SMARTS) is 1. The molecular formula is C7H11NO6. The van der Waals surface area contributed by atoms with Gasteiger partial charge in [0.05, 0.1) is 7.11 Å². The summed E-state index contributed by atoms with van der Waals surface area (Å²) >= 11 is 0. The quantitative estimate of drug-likeness (QED) is 0.632. The van der Waals surface area contributed by atoms with Crippen molar-refractivity contribution < 1.29 is 29.0 Å². The molecular weight excluding hydrogens is 194 g/mol. The van der Waals surface area contributed by atoms with Gasteiger partial charge in [0.2, 0.25) is 0 Å². The van der Waals surface area contributed by atoms with Gasteiger partial charge in [-0.15, -0.1) is 0 Å². The summed E-state index contributed by atoms with van der Waals surface area (Å²) in [6, 6.07) is 0. The average Bonchev–Trinajstić information content (AvgIpc) is 2.13. The van der Waals surface area contributed by atoms with Gasteiger partial charge < -0.3 is 14.6 Å². The lowest BCUT2D eigenvalue weighted by Gasteiger charge is -2.07. The summed E-state index contributed by atoms with van der Waals surface area (Å²) in [5.41, 5.74) is 0. The van der Waals surface area contributed by atoms with Crippen molar-refractivity contribution in [3.63, 3.8) is 0 Å². The molecule has 0 fully saturated rings. The zero-order valence-electron chi connectivity index (χ0n) is 7.77. The van der Waals surface area contributed by atoms with Crippen LogP contribution in [0.4, 0.5) is 4.79 Å². The van der Waals surface area contributed by atoms with Gasteiger partial charge in [-0.25, -0.2) is 9.59 Å². The maximum absolute atomic E-state index is 10.8. The maximum atomic E-state index is 10.8. The van der Waals surface area contributed by atoms with Crippen molar-refractivity contribution in [3.05, 3.63) is 0 Å². The first-order valence-electron chi connectivity index (χ1n) is 3.69. The number of methoxy groups -OCH3 is 1. The topological polar surface area (TPSA) is 102 Å². The van der Waals surface area contributed by atoms with Crippen LogP contribution in [0.2, 0.25) is 0 Å². The molecule has 7 heteroatoms. The minimum absolute atomic E-state index is 0.511. The summed E-state index contributed by atoms with van der Waals surface area (Å²) in [5, 5.41) is 10.2. The molecule has 0 rings (SSSR count). The highest BCUT2D eigenvalue weighted by Crippen LogP contribution is 1.89. The number of nitrogens with one attached hydrogen (secondary N) is 1. The van der Waals surface area contributed by atoms with Gasteiger partial charge in [0.1, 0.15) is 6.61 Å². The molecule has 0 aliphatic heterocycles. The van der Waals surface area contributed by atoms with E-state index in [1.165, 1.54) is 6.92 Å². The smallest absolute Gasteiger partial charge is 0.413 e. The van der Waals surface area contributed by atoms with E-state index in [1.807, 2.05) is 0 Å². The van der Waals surface area contributed by atoms with E-state index in [0.29, 0.717) is 0 Å². The maximum Gasteiger partial charge on any atom is 0.413 e. The summed E-state index contributed by atoms with van der Waals surface area (Å²) < 4.78 is 8.72. The van der Waals surface area contributed by atoms with E-state index in [2.05, 4.69) is 9.47 Å². The van der Waals surface area contributed by atoms with Gasteiger partial charge in [0.15, 0.2) is 6.10 Å². The predicted octanol–water partition coefficient (Wildman–Crippen LogP) is -0.641. The Morgan fingerprint density at radius 3 is 2.43 bits per heavy atom. The zero-order chi connectivity index (χ0) is 11.1. The Kier molecular flexibility index (Phi) is 5.23. The van der Waals surface area contributed by atoms with E-state index in [4.69, 9.17) is 5.11 Å². The monoisotopic (exact) mass is 205 g/mol. The van der Waals surface area contributed by atoms with Crippen LogP contribution in [0.15, 0.2) is 0 Å². The molecule has 0 aliphatic rings. The van der Waals surface area contributed by atoms with Crippen LogP contribution in [0, 0.1) is 0 Å². The number of hydrogen-bond donors (Lipinski definition) is 2. The van der Waals surface area contributed by atoms with E-state index in [9.17, 15) is 14.4 Å². The Hall–Kier alpha value is -1.63. The van der Waals surface area contributed by atoms with Crippen LogP contribution in [0.5, 0.6) is 0 Å². The Labute approximate surface area is 80.0 Å². The first-order valence-corrected chi connectivity index (χ1v) is 3.69. The SMILES string of the molecule is COC(=O)NC(=O)CO[C@@H](C)C(=O)O. The van der Waals surface area contributed by atoms with E-state index in [-0.39, 0.29) is 0 Å². The second-order valence-corrected chi connectivity index (χ2v) is 2.33. The minimum Gasteiger partial charge on any atom is -0.479 e. The van der Waals surface area contributed by atoms with Crippen LogP contribution >= 0.6 is 0 Å². The molecule has 2 N–H and O–H groups in total. The fourth-order valence-corrected chi connectivity index (χ4v) is 0.473. The van der Waals surface area contributed by atoms with Gasteiger partial charge in [0, 0.05) is 0 Å². The van der Waals surface area contributed by atoms with Crippen molar-refractivity contribution in [1.82, 2.24) is 5.32 Å². The van der Waals surface area contributed by atoms with Gasteiger partial charge in [-0.1, -0.05) is 0 Å². The highest BCUT2D eigenvalue weighted by molar-refractivity contribution is 5.92. The Balaban J connectivity index is 3.74. The van der Waals surface area contributed by atoms with Crippen LogP contribution in [-0.4, -0.2) is 42.9 Å². The fraction of sp³-hybridized carbons (Fsp3) is 0.571. The van der Waals surface area contributed by atoms with E-state index >= 15 is 0 Å². The molecule has 7 nitrogen and oxygen atoms in total. The van der Waals surface area contributed by atoms with Crippen molar-refractivity contribution in [2.75, 3.05) is 13.7 Å². The lowest BCUT2D eigenvalue weighted by molar-refractivity contribution is -0.150. The third kappa shape index (κ3) is 5.09. The molecule has 0 aromatic heterocycles. The molecule has 0 saturated heterocycles. The molecule has 0 bridgehead atoms. The number of rotatable bonds is 4. The standard InChI is InChI=1S/C7H11NO6/c1-4(6(10)11)14-3-5(9)8-7(12)13-2/h4H,3H2,1-2H3,(H,10,11)(H,8,9,12)/t4-/m0/s1.